The van der Waals surface area contributed by atoms with E-state index in [1.807, 2.05) is 6.92 Å². The molecule has 204 valence electrons. The Labute approximate surface area is 228 Å². The second kappa shape index (κ2) is 15.1. The van der Waals surface area contributed by atoms with Crippen molar-refractivity contribution in [3.05, 3.63) is 82.8 Å². The number of hydrogen-bond acceptors (Lipinski definition) is 4. The third-order valence-corrected chi connectivity index (χ3v) is 7.72. The van der Waals surface area contributed by atoms with Gasteiger partial charge in [-0.1, -0.05) is 63.3 Å². The van der Waals surface area contributed by atoms with Crippen molar-refractivity contribution in [3.8, 4) is 11.3 Å². The molecule has 5 heteroatoms. The molecule has 1 aromatic heterocycles. The molecule has 2 heterocycles. The van der Waals surface area contributed by atoms with Gasteiger partial charge in [0.15, 0.2) is 0 Å². The Hall–Kier alpha value is -2.63. The van der Waals surface area contributed by atoms with E-state index in [1.165, 1.54) is 68.2 Å². The number of aryl methyl sites for hydroxylation is 3. The summed E-state index contributed by atoms with van der Waals surface area (Å²) in [6, 6.07) is 18.3. The van der Waals surface area contributed by atoms with Gasteiger partial charge in [-0.2, -0.15) is 5.10 Å². The summed E-state index contributed by atoms with van der Waals surface area (Å²) in [5.41, 5.74) is 6.63. The lowest BCUT2D eigenvalue weighted by Crippen LogP contribution is -2.31. The second-order valence-corrected chi connectivity index (χ2v) is 10.8. The molecule has 0 amide bonds. The number of benzene rings is 2. The Kier molecular flexibility index (Phi) is 11.3. The first kappa shape index (κ1) is 28.4. The fraction of sp³-hybridized carbons (Fsp3) is 0.515. The molecule has 0 unspecified atom stereocenters. The van der Waals surface area contributed by atoms with E-state index in [9.17, 15) is 4.39 Å². The van der Waals surface area contributed by atoms with Crippen LogP contribution in [-0.4, -0.2) is 36.0 Å². The summed E-state index contributed by atoms with van der Waals surface area (Å²) in [7, 11) is 0. The van der Waals surface area contributed by atoms with Crippen LogP contribution in [0.1, 0.15) is 86.6 Å². The lowest BCUT2D eigenvalue weighted by atomic mass is 9.91. The highest BCUT2D eigenvalue weighted by Crippen LogP contribution is 2.29. The van der Waals surface area contributed by atoms with Crippen LogP contribution >= 0.6 is 0 Å². The summed E-state index contributed by atoms with van der Waals surface area (Å²) < 4.78 is 19.5. The Bertz CT molecular complexity index is 1100. The quantitative estimate of drug-likeness (QED) is 0.211. The topological polar surface area (TPSA) is 47.0 Å². The minimum atomic E-state index is -0.244. The van der Waals surface area contributed by atoms with Crippen molar-refractivity contribution in [2.75, 3.05) is 19.8 Å². The first-order valence-electron chi connectivity index (χ1n) is 14.6. The van der Waals surface area contributed by atoms with Gasteiger partial charge in [0.1, 0.15) is 5.82 Å². The van der Waals surface area contributed by atoms with E-state index in [0.29, 0.717) is 18.6 Å². The Morgan fingerprint density at radius 2 is 1.66 bits per heavy atom. The molecular weight excluding hydrogens is 473 g/mol. The molecule has 1 fully saturated rings. The van der Waals surface area contributed by atoms with Gasteiger partial charge in [0, 0.05) is 24.1 Å². The Morgan fingerprint density at radius 1 is 0.895 bits per heavy atom. The van der Waals surface area contributed by atoms with Crippen LogP contribution in [0.2, 0.25) is 0 Å². The van der Waals surface area contributed by atoms with Crippen LogP contribution in [-0.2, 0) is 17.6 Å². The van der Waals surface area contributed by atoms with Crippen molar-refractivity contribution in [1.82, 2.24) is 15.5 Å². The van der Waals surface area contributed by atoms with Crippen molar-refractivity contribution in [2.45, 2.75) is 90.0 Å². The number of nitrogens with one attached hydrogen (secondary N) is 1. The predicted molar refractivity (Wildman–Crippen MR) is 154 cm³/mol. The van der Waals surface area contributed by atoms with E-state index in [-0.39, 0.29) is 5.82 Å². The molecule has 4 rings (SSSR count). The molecule has 1 aliphatic rings. The summed E-state index contributed by atoms with van der Waals surface area (Å²) in [6.07, 6.45) is 12.2. The van der Waals surface area contributed by atoms with E-state index < -0.39 is 0 Å². The van der Waals surface area contributed by atoms with Crippen molar-refractivity contribution in [3.63, 3.8) is 0 Å². The lowest BCUT2D eigenvalue weighted by molar-refractivity contribution is 0.110. The SMILES string of the molecule is CCCCCCCCc1ccc([C@H]2CCN[C@@H]2COCCCc2cc(C)nnc2-c2ccc(F)cc2)cc1. The van der Waals surface area contributed by atoms with Crippen LogP contribution in [0.3, 0.4) is 0 Å². The summed E-state index contributed by atoms with van der Waals surface area (Å²) in [5.74, 6) is 0.266. The van der Waals surface area contributed by atoms with Gasteiger partial charge in [-0.15, -0.1) is 5.10 Å². The molecule has 1 saturated heterocycles. The zero-order chi connectivity index (χ0) is 26.6. The zero-order valence-corrected chi connectivity index (χ0v) is 23.2. The molecule has 38 heavy (non-hydrogen) atoms. The van der Waals surface area contributed by atoms with Crippen LogP contribution in [0, 0.1) is 12.7 Å². The highest BCUT2D eigenvalue weighted by Gasteiger charge is 2.28. The molecular formula is C33H44FN3O. The first-order valence-corrected chi connectivity index (χ1v) is 14.6. The van der Waals surface area contributed by atoms with Gasteiger partial charge >= 0.3 is 0 Å². The molecule has 1 N–H and O–H groups in total. The van der Waals surface area contributed by atoms with Crippen molar-refractivity contribution in [2.24, 2.45) is 0 Å². The minimum absolute atomic E-state index is 0.244. The molecule has 0 radical (unpaired) electrons. The molecule has 4 nitrogen and oxygen atoms in total. The third kappa shape index (κ3) is 8.44. The van der Waals surface area contributed by atoms with Crippen LogP contribution in [0.15, 0.2) is 54.6 Å². The lowest BCUT2D eigenvalue weighted by Gasteiger charge is -2.20. The molecule has 0 spiro atoms. The Balaban J connectivity index is 1.21. The largest absolute Gasteiger partial charge is 0.380 e. The van der Waals surface area contributed by atoms with Crippen LogP contribution in [0.5, 0.6) is 0 Å². The summed E-state index contributed by atoms with van der Waals surface area (Å²) in [5, 5.41) is 12.3. The third-order valence-electron chi connectivity index (χ3n) is 7.72. The van der Waals surface area contributed by atoms with Crippen LogP contribution < -0.4 is 5.32 Å². The molecule has 0 bridgehead atoms. The van der Waals surface area contributed by atoms with Crippen LogP contribution in [0.25, 0.3) is 11.3 Å². The number of rotatable bonds is 15. The summed E-state index contributed by atoms with van der Waals surface area (Å²) >= 11 is 0. The number of aromatic nitrogens is 2. The van der Waals surface area contributed by atoms with Crippen molar-refractivity contribution < 1.29 is 9.13 Å². The van der Waals surface area contributed by atoms with Gasteiger partial charge < -0.3 is 10.1 Å². The molecule has 2 atom stereocenters. The standard InChI is InChI=1S/C33H44FN3O/c1-3-4-5-6-7-8-10-26-12-14-27(15-13-26)31-20-21-35-32(31)24-38-22-9-11-29-23-25(2)36-37-33(29)28-16-18-30(34)19-17-28/h12-19,23,31-32,35H,3-11,20-22,24H2,1-2H3/t31-,32-/m1/s1. The van der Waals surface area contributed by atoms with Gasteiger partial charge in [-0.05, 0) is 92.6 Å². The second-order valence-electron chi connectivity index (χ2n) is 10.8. The fourth-order valence-corrected chi connectivity index (χ4v) is 5.54. The van der Waals surface area contributed by atoms with E-state index >= 15 is 0 Å². The predicted octanol–water partition coefficient (Wildman–Crippen LogP) is 7.59. The molecule has 0 saturated carbocycles. The molecule has 2 aromatic carbocycles. The number of unbranched alkanes of at least 4 members (excludes halogenated alkanes) is 5. The average Bonchev–Trinajstić information content (AvgIpc) is 3.40. The summed E-state index contributed by atoms with van der Waals surface area (Å²) in [4.78, 5) is 0. The van der Waals surface area contributed by atoms with Crippen molar-refractivity contribution in [1.29, 1.82) is 0 Å². The number of ether oxygens (including phenoxy) is 1. The van der Waals surface area contributed by atoms with E-state index in [1.54, 1.807) is 12.1 Å². The minimum Gasteiger partial charge on any atom is -0.380 e. The molecule has 1 aliphatic heterocycles. The smallest absolute Gasteiger partial charge is 0.123 e. The van der Waals surface area contributed by atoms with E-state index in [2.05, 4.69) is 52.8 Å². The average molecular weight is 518 g/mol. The van der Waals surface area contributed by atoms with Crippen molar-refractivity contribution >= 4 is 0 Å². The van der Waals surface area contributed by atoms with Gasteiger partial charge in [0.25, 0.3) is 0 Å². The molecule has 3 aromatic rings. The van der Waals surface area contributed by atoms with Crippen LogP contribution in [0.4, 0.5) is 4.39 Å². The maximum Gasteiger partial charge on any atom is 0.123 e. The maximum atomic E-state index is 13.4. The highest BCUT2D eigenvalue weighted by molar-refractivity contribution is 5.62. The fourth-order valence-electron chi connectivity index (χ4n) is 5.54. The highest BCUT2D eigenvalue weighted by atomic mass is 19.1. The van der Waals surface area contributed by atoms with E-state index in [4.69, 9.17) is 4.74 Å². The number of nitrogens with zero attached hydrogens (tertiary/aromatic N) is 2. The Morgan fingerprint density at radius 3 is 2.45 bits per heavy atom. The first-order chi connectivity index (χ1) is 18.6. The van der Waals surface area contributed by atoms with Gasteiger partial charge in [0.2, 0.25) is 0 Å². The van der Waals surface area contributed by atoms with Gasteiger partial charge in [-0.3, -0.25) is 0 Å². The monoisotopic (exact) mass is 517 g/mol. The normalized spacial score (nSPS) is 17.2. The van der Waals surface area contributed by atoms with E-state index in [0.717, 1.165) is 54.9 Å². The maximum absolute atomic E-state index is 13.4. The van der Waals surface area contributed by atoms with Gasteiger partial charge in [-0.25, -0.2) is 4.39 Å². The van der Waals surface area contributed by atoms with Gasteiger partial charge in [0.05, 0.1) is 18.0 Å². The zero-order valence-electron chi connectivity index (χ0n) is 23.2. The number of halogens is 1. The summed E-state index contributed by atoms with van der Waals surface area (Å²) in [6.45, 7) is 6.69. The number of hydrogen-bond donors (Lipinski definition) is 1. The molecule has 0 aliphatic carbocycles.